The quantitative estimate of drug-likeness (QED) is 0.247. The van der Waals surface area contributed by atoms with Gasteiger partial charge in [0.25, 0.3) is 0 Å². The van der Waals surface area contributed by atoms with Crippen LogP contribution >= 0.6 is 31.9 Å². The predicted octanol–water partition coefficient (Wildman–Crippen LogP) is 3.69. The van der Waals surface area contributed by atoms with E-state index in [-0.39, 0.29) is 8.90 Å². The van der Waals surface area contributed by atoms with Gasteiger partial charge in [0, 0.05) is 39.6 Å². The van der Waals surface area contributed by atoms with Crippen LogP contribution in [0.15, 0.2) is 0 Å². The van der Waals surface area contributed by atoms with Crippen molar-refractivity contribution in [3.63, 3.8) is 0 Å². The van der Waals surface area contributed by atoms with Crippen LogP contribution in [-0.4, -0.2) is 66.2 Å². The zero-order chi connectivity index (χ0) is 18.6. The third-order valence-corrected chi connectivity index (χ3v) is 15.6. The third kappa shape index (κ3) is 6.71. The minimum absolute atomic E-state index is 0.263. The van der Waals surface area contributed by atoms with Crippen molar-refractivity contribution in [3.8, 4) is 0 Å². The molecule has 6 nitrogen and oxygen atoms in total. The van der Waals surface area contributed by atoms with Crippen molar-refractivity contribution in [2.45, 2.75) is 50.4 Å². The molecule has 0 saturated heterocycles. The van der Waals surface area contributed by atoms with Crippen molar-refractivity contribution in [3.05, 3.63) is 0 Å². The van der Waals surface area contributed by atoms with Gasteiger partial charge in [-0.25, -0.2) is 0 Å². The van der Waals surface area contributed by atoms with Gasteiger partial charge in [-0.05, 0) is 41.5 Å². The van der Waals surface area contributed by atoms with Gasteiger partial charge >= 0.3 is 17.6 Å². The number of hydrogen-bond donors (Lipinski definition) is 0. The van der Waals surface area contributed by atoms with Crippen molar-refractivity contribution in [2.24, 2.45) is 0 Å². The molecule has 0 aromatic carbocycles. The second-order valence-corrected chi connectivity index (χ2v) is 13.7. The molecule has 0 spiro atoms. The molecule has 0 amide bonds. The molecule has 0 aliphatic rings. The van der Waals surface area contributed by atoms with Gasteiger partial charge in [-0.2, -0.15) is 0 Å². The van der Waals surface area contributed by atoms with Gasteiger partial charge in [-0.3, -0.25) is 0 Å². The van der Waals surface area contributed by atoms with Gasteiger partial charge in [0.2, 0.25) is 0 Å². The van der Waals surface area contributed by atoms with Crippen molar-refractivity contribution in [1.82, 2.24) is 0 Å². The van der Waals surface area contributed by atoms with Gasteiger partial charge < -0.3 is 26.6 Å². The van der Waals surface area contributed by atoms with Crippen LogP contribution < -0.4 is 0 Å². The van der Waals surface area contributed by atoms with E-state index in [0.29, 0.717) is 39.6 Å². The summed E-state index contributed by atoms with van der Waals surface area (Å²) in [5.74, 6) is 0. The molecule has 0 aromatic rings. The van der Waals surface area contributed by atoms with Crippen molar-refractivity contribution in [2.75, 3.05) is 39.6 Å². The van der Waals surface area contributed by atoms with Crippen molar-refractivity contribution >= 4 is 49.5 Å². The zero-order valence-electron chi connectivity index (χ0n) is 15.6. The highest BCUT2D eigenvalue weighted by Gasteiger charge is 2.61. The second kappa shape index (κ2) is 13.3. The van der Waals surface area contributed by atoms with Crippen LogP contribution in [0.2, 0.25) is 0 Å². The lowest BCUT2D eigenvalue weighted by atomic mass is 10.9. The van der Waals surface area contributed by atoms with Crippen LogP contribution in [0.5, 0.6) is 0 Å². The Kier molecular flexibility index (Phi) is 14.0. The average molecular weight is 512 g/mol. The first-order valence-corrected chi connectivity index (χ1v) is 14.0. The number of rotatable bonds is 15. The maximum absolute atomic E-state index is 6.00. The fourth-order valence-corrected chi connectivity index (χ4v) is 12.4. The van der Waals surface area contributed by atoms with Crippen LogP contribution in [0.25, 0.3) is 0 Å². The number of halogens is 2. The molecular formula is C14H32Br2O6Si2. The highest BCUT2D eigenvalue weighted by molar-refractivity contribution is 9.13. The van der Waals surface area contributed by atoms with Gasteiger partial charge in [0.1, 0.15) is 8.90 Å². The van der Waals surface area contributed by atoms with E-state index >= 15 is 0 Å². The molecule has 2 unspecified atom stereocenters. The highest BCUT2D eigenvalue weighted by Crippen LogP contribution is 2.35. The summed E-state index contributed by atoms with van der Waals surface area (Å²) in [6, 6.07) is 0. The lowest BCUT2D eigenvalue weighted by Crippen LogP contribution is -2.66. The van der Waals surface area contributed by atoms with Crippen LogP contribution in [-0.2, 0) is 26.6 Å². The Bertz CT molecular complexity index is 264. The van der Waals surface area contributed by atoms with Gasteiger partial charge in [-0.15, -0.1) is 0 Å². The summed E-state index contributed by atoms with van der Waals surface area (Å²) in [7, 11) is -5.99. The second-order valence-electron chi connectivity index (χ2n) is 4.61. The van der Waals surface area contributed by atoms with E-state index in [1.807, 2.05) is 41.5 Å². The maximum atomic E-state index is 6.00. The molecule has 0 bridgehead atoms. The fourth-order valence-electron chi connectivity index (χ4n) is 2.29. The molecule has 2 atom stereocenters. The molecule has 0 radical (unpaired) electrons. The predicted molar refractivity (Wildman–Crippen MR) is 107 cm³/mol. The van der Waals surface area contributed by atoms with E-state index < -0.39 is 17.6 Å². The van der Waals surface area contributed by atoms with E-state index in [0.717, 1.165) is 0 Å². The molecule has 24 heavy (non-hydrogen) atoms. The third-order valence-electron chi connectivity index (χ3n) is 3.01. The van der Waals surface area contributed by atoms with Crippen molar-refractivity contribution in [1.29, 1.82) is 0 Å². The Morgan fingerprint density at radius 2 is 0.667 bits per heavy atom. The Balaban J connectivity index is 5.70. The molecule has 10 heteroatoms. The average Bonchev–Trinajstić information content (AvgIpc) is 2.54. The van der Waals surface area contributed by atoms with E-state index in [1.54, 1.807) is 0 Å². The van der Waals surface area contributed by atoms with Gasteiger partial charge in [0.05, 0.1) is 0 Å². The highest BCUT2D eigenvalue weighted by atomic mass is 79.9. The smallest absolute Gasteiger partial charge is 0.373 e. The fraction of sp³-hybridized carbons (Fsp3) is 1.00. The van der Waals surface area contributed by atoms with Crippen LogP contribution in [0, 0.1) is 0 Å². The zero-order valence-corrected chi connectivity index (χ0v) is 20.8. The van der Waals surface area contributed by atoms with Crippen LogP contribution in [0.4, 0.5) is 0 Å². The largest absolute Gasteiger partial charge is 0.516 e. The first-order chi connectivity index (χ1) is 11.4. The SMILES string of the molecule is CCO[Si](OCC)(OCC)C(Br)C(Br)[Si](OCC)(OCC)OCC. The summed E-state index contributed by atoms with van der Waals surface area (Å²) in [5.41, 5.74) is 0. The minimum atomic E-state index is -2.99. The molecule has 0 aliphatic carbocycles. The van der Waals surface area contributed by atoms with E-state index in [2.05, 4.69) is 31.9 Å². The van der Waals surface area contributed by atoms with Crippen LogP contribution in [0.1, 0.15) is 41.5 Å². The summed E-state index contributed by atoms with van der Waals surface area (Å²) in [4.78, 5) is 0. The molecule has 0 saturated carbocycles. The molecule has 0 aliphatic heterocycles. The standard InChI is InChI=1S/C14H32Br2O6Si2/c1-7-17-23(18-8-2,19-9-3)13(15)14(16)24(20-10-4,21-11-5)22-12-6/h13-14H,7-12H2,1-6H3. The maximum Gasteiger partial charge on any atom is 0.516 e. The summed E-state index contributed by atoms with van der Waals surface area (Å²) in [6.07, 6.45) is 0. The minimum Gasteiger partial charge on any atom is -0.373 e. The summed E-state index contributed by atoms with van der Waals surface area (Å²) in [5, 5.41) is 0. The molecule has 0 rings (SSSR count). The monoisotopic (exact) mass is 510 g/mol. The summed E-state index contributed by atoms with van der Waals surface area (Å²) < 4.78 is 35.5. The molecular weight excluding hydrogens is 480 g/mol. The molecule has 0 fully saturated rings. The van der Waals surface area contributed by atoms with E-state index in [4.69, 9.17) is 26.6 Å². The summed E-state index contributed by atoms with van der Waals surface area (Å²) >= 11 is 7.50. The lowest BCUT2D eigenvalue weighted by molar-refractivity contribution is 0.0559. The van der Waals surface area contributed by atoms with Gasteiger partial charge in [-0.1, -0.05) is 31.9 Å². The Labute approximate surface area is 165 Å². The van der Waals surface area contributed by atoms with E-state index in [1.165, 1.54) is 0 Å². The summed E-state index contributed by atoms with van der Waals surface area (Å²) in [6.45, 7) is 14.6. The Hall–Kier alpha value is 1.15. The number of hydrogen-bond acceptors (Lipinski definition) is 6. The van der Waals surface area contributed by atoms with E-state index in [9.17, 15) is 0 Å². The Morgan fingerprint density at radius 3 is 0.792 bits per heavy atom. The Morgan fingerprint density at radius 1 is 0.500 bits per heavy atom. The first kappa shape index (κ1) is 25.2. The molecule has 146 valence electrons. The van der Waals surface area contributed by atoms with Crippen molar-refractivity contribution < 1.29 is 26.6 Å². The molecule has 0 N–H and O–H groups in total. The lowest BCUT2D eigenvalue weighted by Gasteiger charge is -2.39. The normalized spacial score (nSPS) is 15.5. The first-order valence-electron chi connectivity index (χ1n) is 8.55. The van der Waals surface area contributed by atoms with Gasteiger partial charge in [0.15, 0.2) is 0 Å². The molecule has 0 aromatic heterocycles. The topological polar surface area (TPSA) is 55.4 Å². The molecule has 0 heterocycles. The van der Waals surface area contributed by atoms with Crippen LogP contribution in [0.3, 0.4) is 0 Å². The number of alkyl halides is 2.